The van der Waals surface area contributed by atoms with Crippen molar-refractivity contribution in [2.75, 3.05) is 33.9 Å². The van der Waals surface area contributed by atoms with Gasteiger partial charge >= 0.3 is 0 Å². The molecule has 3 heterocycles. The molecule has 2 atom stereocenters. The van der Waals surface area contributed by atoms with E-state index in [0.717, 1.165) is 62.4 Å². The van der Waals surface area contributed by atoms with E-state index >= 15 is 0 Å². The number of carbonyl (C=O) groups excluding carboxylic acids is 1. The maximum atomic E-state index is 13.2. The molecule has 2 aromatic rings. The molecule has 2 fully saturated rings. The second kappa shape index (κ2) is 8.22. The van der Waals surface area contributed by atoms with Gasteiger partial charge in [-0.1, -0.05) is 0 Å². The van der Waals surface area contributed by atoms with Crippen LogP contribution in [-0.2, 0) is 0 Å². The van der Waals surface area contributed by atoms with Crippen molar-refractivity contribution in [3.8, 4) is 11.5 Å². The van der Waals surface area contributed by atoms with Crippen molar-refractivity contribution in [3.05, 3.63) is 41.7 Å². The quantitative estimate of drug-likeness (QED) is 0.859. The molecule has 2 aliphatic heterocycles. The molecule has 150 valence electrons. The van der Waals surface area contributed by atoms with Crippen LogP contribution in [0.1, 0.15) is 53.8 Å². The number of amides is 1. The number of methoxy groups -OCH3 is 2. The average molecular weight is 384 g/mol. The molecule has 1 amide bonds. The third-order valence-corrected chi connectivity index (χ3v) is 5.79. The van der Waals surface area contributed by atoms with E-state index in [1.54, 1.807) is 14.2 Å². The minimum atomic E-state index is -0.0112. The molecular formula is C21H28N4O3. The second-order valence-electron chi connectivity index (χ2n) is 7.45. The zero-order chi connectivity index (χ0) is 19.5. The first-order valence-corrected chi connectivity index (χ1v) is 10.00. The van der Waals surface area contributed by atoms with Crippen LogP contribution in [0.5, 0.6) is 11.5 Å². The number of hydrogen-bond donors (Lipinski definition) is 1. The third kappa shape index (κ3) is 3.58. The highest BCUT2D eigenvalue weighted by atomic mass is 16.5. The highest BCUT2D eigenvalue weighted by Gasteiger charge is 2.33. The van der Waals surface area contributed by atoms with Crippen molar-refractivity contribution in [1.29, 1.82) is 0 Å². The van der Waals surface area contributed by atoms with Crippen LogP contribution >= 0.6 is 0 Å². The molecule has 0 aliphatic carbocycles. The molecule has 7 heteroatoms. The van der Waals surface area contributed by atoms with Gasteiger partial charge in [0, 0.05) is 30.9 Å². The van der Waals surface area contributed by atoms with E-state index in [-0.39, 0.29) is 11.9 Å². The third-order valence-electron chi connectivity index (χ3n) is 5.79. The molecule has 4 rings (SSSR count). The van der Waals surface area contributed by atoms with E-state index in [1.807, 2.05) is 40.0 Å². The Morgan fingerprint density at radius 3 is 2.82 bits per heavy atom. The topological polar surface area (TPSA) is 68.6 Å². The van der Waals surface area contributed by atoms with Crippen molar-refractivity contribution in [2.45, 2.75) is 37.8 Å². The van der Waals surface area contributed by atoms with Gasteiger partial charge in [-0.2, -0.15) is 5.10 Å². The molecule has 0 saturated carbocycles. The molecule has 1 aromatic carbocycles. The lowest BCUT2D eigenvalue weighted by molar-refractivity contribution is 0.0726. The van der Waals surface area contributed by atoms with Gasteiger partial charge < -0.3 is 19.7 Å². The van der Waals surface area contributed by atoms with E-state index in [1.165, 1.54) is 0 Å². The van der Waals surface area contributed by atoms with Gasteiger partial charge in [0.15, 0.2) is 0 Å². The molecule has 7 nitrogen and oxygen atoms in total. The summed E-state index contributed by atoms with van der Waals surface area (Å²) < 4.78 is 12.8. The zero-order valence-corrected chi connectivity index (χ0v) is 16.6. The van der Waals surface area contributed by atoms with Gasteiger partial charge in [0.2, 0.25) is 0 Å². The van der Waals surface area contributed by atoms with Gasteiger partial charge in [-0.25, -0.2) is 0 Å². The van der Waals surface area contributed by atoms with E-state index in [2.05, 4.69) is 10.4 Å². The molecule has 2 saturated heterocycles. The summed E-state index contributed by atoms with van der Waals surface area (Å²) >= 11 is 0. The molecule has 0 radical (unpaired) electrons. The van der Waals surface area contributed by atoms with Crippen LogP contribution in [-0.4, -0.2) is 54.4 Å². The minimum absolute atomic E-state index is 0.00477. The summed E-state index contributed by atoms with van der Waals surface area (Å²) in [7, 11) is 3.29. The maximum Gasteiger partial charge on any atom is 0.274 e. The highest BCUT2D eigenvalue weighted by molar-refractivity contribution is 5.92. The highest BCUT2D eigenvalue weighted by Crippen LogP contribution is 2.39. The Labute approximate surface area is 165 Å². The summed E-state index contributed by atoms with van der Waals surface area (Å²) in [5.74, 6) is 1.49. The maximum absolute atomic E-state index is 13.2. The van der Waals surface area contributed by atoms with Crippen LogP contribution in [0.4, 0.5) is 0 Å². The van der Waals surface area contributed by atoms with Gasteiger partial charge in [-0.05, 0) is 50.4 Å². The number of benzene rings is 1. The van der Waals surface area contributed by atoms with Crippen molar-refractivity contribution in [2.24, 2.45) is 0 Å². The first kappa shape index (κ1) is 18.8. The Balaban J connectivity index is 1.55. The van der Waals surface area contributed by atoms with Gasteiger partial charge in [0.05, 0.1) is 26.3 Å². The molecular weight excluding hydrogens is 356 g/mol. The molecule has 1 N–H and O–H groups in total. The Hall–Kier alpha value is -2.54. The van der Waals surface area contributed by atoms with Crippen LogP contribution in [0.15, 0.2) is 30.5 Å². The van der Waals surface area contributed by atoms with Gasteiger partial charge in [-0.3, -0.25) is 9.48 Å². The number of hydrogen-bond acceptors (Lipinski definition) is 5. The first-order chi connectivity index (χ1) is 13.7. The Morgan fingerprint density at radius 1 is 1.18 bits per heavy atom. The molecule has 1 aromatic heterocycles. The Bertz CT molecular complexity index is 829. The summed E-state index contributed by atoms with van der Waals surface area (Å²) in [5.41, 5.74) is 1.54. The van der Waals surface area contributed by atoms with Crippen molar-refractivity contribution in [3.63, 3.8) is 0 Å². The van der Waals surface area contributed by atoms with Crippen LogP contribution < -0.4 is 14.8 Å². The van der Waals surface area contributed by atoms with Crippen LogP contribution in [0.2, 0.25) is 0 Å². The number of rotatable bonds is 5. The van der Waals surface area contributed by atoms with E-state index in [4.69, 9.17) is 9.47 Å². The lowest BCUT2D eigenvalue weighted by Gasteiger charge is -2.26. The minimum Gasteiger partial charge on any atom is -0.497 e. The van der Waals surface area contributed by atoms with Gasteiger partial charge in [0.1, 0.15) is 17.2 Å². The number of nitrogens with zero attached hydrogens (tertiary/aromatic N) is 3. The monoisotopic (exact) mass is 384 g/mol. The molecule has 28 heavy (non-hydrogen) atoms. The average Bonchev–Trinajstić information content (AvgIpc) is 3.43. The molecule has 2 aliphatic rings. The smallest absolute Gasteiger partial charge is 0.274 e. The molecule has 0 bridgehead atoms. The first-order valence-electron chi connectivity index (χ1n) is 10.00. The second-order valence-corrected chi connectivity index (χ2v) is 7.45. The largest absolute Gasteiger partial charge is 0.497 e. The summed E-state index contributed by atoms with van der Waals surface area (Å²) in [6.45, 7) is 2.70. The van der Waals surface area contributed by atoms with Crippen LogP contribution in [0.25, 0.3) is 0 Å². The fraction of sp³-hybridized carbons (Fsp3) is 0.524. The van der Waals surface area contributed by atoms with E-state index in [9.17, 15) is 4.79 Å². The Kier molecular flexibility index (Phi) is 5.52. The lowest BCUT2D eigenvalue weighted by atomic mass is 10.0. The molecule has 0 spiro atoms. The summed E-state index contributed by atoms with van der Waals surface area (Å²) in [5, 5.41) is 8.01. The predicted octanol–water partition coefficient (Wildman–Crippen LogP) is 2.80. The predicted molar refractivity (Wildman–Crippen MR) is 106 cm³/mol. The van der Waals surface area contributed by atoms with E-state index < -0.39 is 0 Å². The number of nitrogens with one attached hydrogen (secondary N) is 1. The Morgan fingerprint density at radius 2 is 2.07 bits per heavy atom. The number of carbonyl (C=O) groups is 1. The standard InChI is InChI=1S/C21H28N4O3/c1-27-16-7-8-17(20(13-16)28-2)19-6-4-11-24(19)21(26)18-9-12-25(23-18)15-5-3-10-22-14-15/h7-9,12-13,15,19,22H,3-6,10-11,14H2,1-2H3. The number of piperidine rings is 1. The normalized spacial score (nSPS) is 22.3. The summed E-state index contributed by atoms with van der Waals surface area (Å²) in [4.78, 5) is 15.1. The van der Waals surface area contributed by atoms with Crippen LogP contribution in [0.3, 0.4) is 0 Å². The van der Waals surface area contributed by atoms with Gasteiger partial charge in [0.25, 0.3) is 5.91 Å². The number of likely N-dealkylation sites (tertiary alicyclic amines) is 1. The molecule has 2 unspecified atom stereocenters. The van der Waals surface area contributed by atoms with E-state index in [0.29, 0.717) is 11.7 Å². The number of ether oxygens (including phenoxy) is 2. The lowest BCUT2D eigenvalue weighted by Crippen LogP contribution is -2.33. The summed E-state index contributed by atoms with van der Waals surface area (Å²) in [6.07, 6.45) is 6.06. The van der Waals surface area contributed by atoms with Crippen molar-refractivity contribution in [1.82, 2.24) is 20.0 Å². The van der Waals surface area contributed by atoms with Gasteiger partial charge in [-0.15, -0.1) is 0 Å². The zero-order valence-electron chi connectivity index (χ0n) is 16.6. The van der Waals surface area contributed by atoms with Crippen molar-refractivity contribution >= 4 is 5.91 Å². The fourth-order valence-electron chi connectivity index (χ4n) is 4.29. The van der Waals surface area contributed by atoms with Crippen LogP contribution in [0, 0.1) is 0 Å². The summed E-state index contributed by atoms with van der Waals surface area (Å²) in [6, 6.07) is 7.96. The fourth-order valence-corrected chi connectivity index (χ4v) is 4.29. The SMILES string of the molecule is COc1ccc(C2CCCN2C(=O)c2ccn(C3CCCNC3)n2)c(OC)c1. The van der Waals surface area contributed by atoms with Crippen molar-refractivity contribution < 1.29 is 14.3 Å². The number of aromatic nitrogens is 2.